The number of piperazine rings is 1. The van der Waals surface area contributed by atoms with E-state index in [4.69, 9.17) is 0 Å². The van der Waals surface area contributed by atoms with Crippen LogP contribution in [-0.2, 0) is 10.3 Å². The molecule has 0 unspecified atom stereocenters. The summed E-state index contributed by atoms with van der Waals surface area (Å²) in [5.74, 6) is 0.833. The number of aryl methyl sites for hydroxylation is 1. The lowest BCUT2D eigenvalue weighted by Gasteiger charge is -2.38. The summed E-state index contributed by atoms with van der Waals surface area (Å²) in [6, 6.07) is 13.9. The molecule has 4 rings (SSSR count). The third kappa shape index (κ3) is 3.36. The molecule has 6 heteroatoms. The van der Waals surface area contributed by atoms with E-state index >= 15 is 0 Å². The lowest BCUT2D eigenvalue weighted by atomic mass is 10.0. The minimum absolute atomic E-state index is 0.00505. The number of aromatic nitrogens is 2. The number of nitrogens with zero attached hydrogens (tertiary/aromatic N) is 3. The summed E-state index contributed by atoms with van der Waals surface area (Å²) in [7, 11) is 0. The number of carbonyl (C=O) groups excluding carboxylic acids is 1. The van der Waals surface area contributed by atoms with Crippen LogP contribution in [0.5, 0.6) is 0 Å². The van der Waals surface area contributed by atoms with Gasteiger partial charge in [0.2, 0.25) is 5.91 Å². The highest BCUT2D eigenvalue weighted by molar-refractivity contribution is 5.86. The fourth-order valence-corrected chi connectivity index (χ4v) is 3.94. The number of hydrogen-bond acceptors (Lipinski definition) is 4. The van der Waals surface area contributed by atoms with Gasteiger partial charge in [0, 0.05) is 31.5 Å². The van der Waals surface area contributed by atoms with Crippen molar-refractivity contribution < 1.29 is 4.79 Å². The summed E-state index contributed by atoms with van der Waals surface area (Å²) >= 11 is 0. The van der Waals surface area contributed by atoms with E-state index in [1.807, 2.05) is 50.5 Å². The first-order chi connectivity index (χ1) is 13.5. The van der Waals surface area contributed by atoms with Gasteiger partial charge in [-0.05, 0) is 44.5 Å². The van der Waals surface area contributed by atoms with E-state index in [0.717, 1.165) is 35.7 Å². The normalized spacial score (nSPS) is 17.7. The lowest BCUT2D eigenvalue weighted by molar-refractivity contribution is -0.124. The largest absolute Gasteiger partial charge is 0.357 e. The second kappa shape index (κ2) is 7.28. The molecule has 0 radical (unpaired) electrons. The highest BCUT2D eigenvalue weighted by Gasteiger charge is 2.34. The molecule has 3 heterocycles. The number of para-hydroxylation sites is 1. The second-order valence-corrected chi connectivity index (χ2v) is 7.89. The molecular weight excluding hydrogens is 350 g/mol. The first kappa shape index (κ1) is 18.5. The van der Waals surface area contributed by atoms with Crippen LogP contribution in [0.2, 0.25) is 0 Å². The Bertz CT molecular complexity index is 979. The first-order valence-corrected chi connectivity index (χ1v) is 9.75. The summed E-state index contributed by atoms with van der Waals surface area (Å²) < 4.78 is 2.06. The fraction of sp³-hybridized carbons (Fsp3) is 0.364. The number of carbonyl (C=O) groups is 1. The molecule has 2 aromatic heterocycles. The summed E-state index contributed by atoms with van der Waals surface area (Å²) in [5, 5.41) is 6.59. The number of fused-ring (bicyclic) bond motifs is 1. The number of benzene rings is 1. The molecule has 28 heavy (non-hydrogen) atoms. The molecule has 0 aliphatic carbocycles. The van der Waals surface area contributed by atoms with Crippen molar-refractivity contribution in [2.75, 3.05) is 24.5 Å². The molecule has 146 valence electrons. The number of rotatable bonds is 4. The van der Waals surface area contributed by atoms with Gasteiger partial charge < -0.3 is 19.9 Å². The monoisotopic (exact) mass is 377 g/mol. The summed E-state index contributed by atoms with van der Waals surface area (Å²) in [4.78, 5) is 20.1. The summed E-state index contributed by atoms with van der Waals surface area (Å²) in [6.07, 6.45) is 3.87. The molecule has 2 N–H and O–H groups in total. The Hall–Kier alpha value is -2.86. The molecule has 0 bridgehead atoms. The Labute approximate surface area is 165 Å². The molecule has 6 nitrogen and oxygen atoms in total. The van der Waals surface area contributed by atoms with Gasteiger partial charge in [0.1, 0.15) is 11.9 Å². The molecule has 1 amide bonds. The van der Waals surface area contributed by atoms with Crippen molar-refractivity contribution in [3.8, 4) is 0 Å². The third-order valence-corrected chi connectivity index (χ3v) is 5.41. The number of amides is 1. The van der Waals surface area contributed by atoms with Gasteiger partial charge >= 0.3 is 0 Å². The van der Waals surface area contributed by atoms with Gasteiger partial charge in [-0.2, -0.15) is 0 Å². The Morgan fingerprint density at radius 1 is 1.21 bits per heavy atom. The van der Waals surface area contributed by atoms with Crippen LogP contribution >= 0.6 is 0 Å². The zero-order valence-electron chi connectivity index (χ0n) is 16.6. The van der Waals surface area contributed by atoms with Crippen LogP contribution in [0.1, 0.15) is 25.2 Å². The topological polar surface area (TPSA) is 61.7 Å². The van der Waals surface area contributed by atoms with Crippen molar-refractivity contribution in [1.29, 1.82) is 0 Å². The SMILES string of the molecule is Cc1cccn2c(C(C)(C)NC(=O)[C@H]3CNCCN3c3ccccc3)ncc12. The van der Waals surface area contributed by atoms with Crippen LogP contribution in [0, 0.1) is 6.92 Å². The van der Waals surface area contributed by atoms with Gasteiger partial charge in [-0.25, -0.2) is 4.98 Å². The smallest absolute Gasteiger partial charge is 0.244 e. The van der Waals surface area contributed by atoms with Crippen LogP contribution in [0.3, 0.4) is 0 Å². The average Bonchev–Trinajstić information content (AvgIpc) is 3.15. The molecule has 0 saturated carbocycles. The molecule has 0 spiro atoms. The number of pyridine rings is 1. The molecule has 1 saturated heterocycles. The number of anilines is 1. The number of hydrogen-bond donors (Lipinski definition) is 2. The van der Waals surface area contributed by atoms with Gasteiger partial charge in [0.05, 0.1) is 17.3 Å². The van der Waals surface area contributed by atoms with Gasteiger partial charge in [-0.15, -0.1) is 0 Å². The van der Waals surface area contributed by atoms with E-state index in [9.17, 15) is 4.79 Å². The Morgan fingerprint density at radius 2 is 2.00 bits per heavy atom. The Balaban J connectivity index is 1.59. The molecule has 1 fully saturated rings. The molecule has 1 atom stereocenters. The average molecular weight is 377 g/mol. The van der Waals surface area contributed by atoms with Crippen LogP contribution in [0.4, 0.5) is 5.69 Å². The van der Waals surface area contributed by atoms with E-state index in [-0.39, 0.29) is 11.9 Å². The maximum atomic E-state index is 13.3. The Morgan fingerprint density at radius 3 is 2.79 bits per heavy atom. The Kier molecular flexibility index (Phi) is 4.81. The maximum Gasteiger partial charge on any atom is 0.244 e. The highest BCUT2D eigenvalue weighted by Crippen LogP contribution is 2.24. The van der Waals surface area contributed by atoms with E-state index in [0.29, 0.717) is 6.54 Å². The standard InChI is InChI=1S/C22H27N5O/c1-16-8-7-12-27-18(16)15-24-21(27)22(2,3)25-20(28)19-14-23-11-13-26(19)17-9-5-4-6-10-17/h4-10,12,15,19,23H,11,13-14H2,1-3H3,(H,25,28)/t19-/m1/s1. The van der Waals surface area contributed by atoms with Crippen molar-refractivity contribution in [3.05, 3.63) is 66.2 Å². The number of imidazole rings is 1. The van der Waals surface area contributed by atoms with Crippen molar-refractivity contribution in [1.82, 2.24) is 20.0 Å². The fourth-order valence-electron chi connectivity index (χ4n) is 3.94. The van der Waals surface area contributed by atoms with Gasteiger partial charge in [-0.1, -0.05) is 24.3 Å². The second-order valence-electron chi connectivity index (χ2n) is 7.89. The summed E-state index contributed by atoms with van der Waals surface area (Å²) in [6.45, 7) is 8.37. The molecular formula is C22H27N5O. The first-order valence-electron chi connectivity index (χ1n) is 9.75. The molecule has 1 aromatic carbocycles. The van der Waals surface area contributed by atoms with Crippen molar-refractivity contribution >= 4 is 17.1 Å². The predicted molar refractivity (Wildman–Crippen MR) is 112 cm³/mol. The van der Waals surface area contributed by atoms with Crippen molar-refractivity contribution in [2.45, 2.75) is 32.4 Å². The van der Waals surface area contributed by atoms with E-state index < -0.39 is 5.54 Å². The summed E-state index contributed by atoms with van der Waals surface area (Å²) in [5.41, 5.74) is 2.70. The van der Waals surface area contributed by atoms with Crippen LogP contribution in [0.15, 0.2) is 54.9 Å². The molecule has 3 aromatic rings. The number of nitrogens with one attached hydrogen (secondary N) is 2. The predicted octanol–water partition coefficient (Wildman–Crippen LogP) is 2.47. The highest BCUT2D eigenvalue weighted by atomic mass is 16.2. The minimum atomic E-state index is -0.600. The van der Waals surface area contributed by atoms with Crippen molar-refractivity contribution in [2.24, 2.45) is 0 Å². The van der Waals surface area contributed by atoms with Crippen LogP contribution in [-0.4, -0.2) is 41.0 Å². The third-order valence-electron chi connectivity index (χ3n) is 5.41. The quantitative estimate of drug-likeness (QED) is 0.733. The minimum Gasteiger partial charge on any atom is -0.357 e. The van der Waals surface area contributed by atoms with Gasteiger partial charge in [-0.3, -0.25) is 4.79 Å². The van der Waals surface area contributed by atoms with E-state index in [1.165, 1.54) is 0 Å². The lowest BCUT2D eigenvalue weighted by Crippen LogP contribution is -2.60. The van der Waals surface area contributed by atoms with E-state index in [2.05, 4.69) is 50.0 Å². The van der Waals surface area contributed by atoms with Crippen LogP contribution < -0.4 is 15.5 Å². The maximum absolute atomic E-state index is 13.3. The molecule has 1 aliphatic heterocycles. The molecule has 1 aliphatic rings. The zero-order chi connectivity index (χ0) is 19.7. The van der Waals surface area contributed by atoms with E-state index in [1.54, 1.807) is 0 Å². The van der Waals surface area contributed by atoms with Gasteiger partial charge in [0.25, 0.3) is 0 Å². The van der Waals surface area contributed by atoms with Crippen molar-refractivity contribution in [3.63, 3.8) is 0 Å². The van der Waals surface area contributed by atoms with Crippen LogP contribution in [0.25, 0.3) is 5.52 Å². The zero-order valence-corrected chi connectivity index (χ0v) is 16.6. The van der Waals surface area contributed by atoms with Gasteiger partial charge in [0.15, 0.2) is 0 Å².